The first-order valence-corrected chi connectivity index (χ1v) is 8.15. The summed E-state index contributed by atoms with van der Waals surface area (Å²) in [6.45, 7) is 2.88. The molecule has 23 heavy (non-hydrogen) atoms. The summed E-state index contributed by atoms with van der Waals surface area (Å²) in [6.07, 6.45) is 7.34. The Morgan fingerprint density at radius 2 is 2.17 bits per heavy atom. The van der Waals surface area contributed by atoms with Crippen molar-refractivity contribution in [3.8, 4) is 0 Å². The molecule has 0 spiro atoms. The van der Waals surface area contributed by atoms with E-state index in [0.717, 1.165) is 42.8 Å². The predicted octanol–water partition coefficient (Wildman–Crippen LogP) is 2.79. The van der Waals surface area contributed by atoms with E-state index in [2.05, 4.69) is 25.0 Å². The third-order valence-corrected chi connectivity index (χ3v) is 4.54. The van der Waals surface area contributed by atoms with E-state index >= 15 is 0 Å². The second kappa shape index (κ2) is 6.12. The van der Waals surface area contributed by atoms with E-state index in [4.69, 9.17) is 11.6 Å². The van der Waals surface area contributed by atoms with Crippen LogP contribution in [-0.2, 0) is 6.54 Å². The fourth-order valence-electron chi connectivity index (χ4n) is 3.27. The molecule has 0 N–H and O–H groups in total. The van der Waals surface area contributed by atoms with Crippen molar-refractivity contribution in [1.82, 2.24) is 24.7 Å². The third kappa shape index (κ3) is 2.99. The van der Waals surface area contributed by atoms with Crippen LogP contribution in [-0.4, -0.2) is 37.8 Å². The van der Waals surface area contributed by atoms with Crippen LogP contribution in [0.5, 0.6) is 0 Å². The SMILES string of the molecule is Clc1ccc2c(N3CCCC(Cn4cncn4)C3)ncnc2c1. The number of benzene rings is 1. The van der Waals surface area contributed by atoms with Crippen LogP contribution in [0.1, 0.15) is 12.8 Å². The lowest BCUT2D eigenvalue weighted by molar-refractivity contribution is 0.350. The highest BCUT2D eigenvalue weighted by atomic mass is 35.5. The van der Waals surface area contributed by atoms with E-state index in [0.29, 0.717) is 10.9 Å². The zero-order chi connectivity index (χ0) is 15.6. The maximum Gasteiger partial charge on any atom is 0.139 e. The Kier molecular flexibility index (Phi) is 3.83. The summed E-state index contributed by atoms with van der Waals surface area (Å²) >= 11 is 6.07. The molecule has 1 fully saturated rings. The van der Waals surface area contributed by atoms with Crippen molar-refractivity contribution in [2.24, 2.45) is 5.92 Å². The van der Waals surface area contributed by atoms with Gasteiger partial charge in [0.1, 0.15) is 24.8 Å². The molecule has 1 atom stereocenters. The Morgan fingerprint density at radius 1 is 1.22 bits per heavy atom. The van der Waals surface area contributed by atoms with Gasteiger partial charge in [-0.05, 0) is 37.0 Å². The number of halogens is 1. The molecule has 118 valence electrons. The molecule has 1 aliphatic heterocycles. The molecule has 1 aromatic carbocycles. The van der Waals surface area contributed by atoms with Crippen molar-refractivity contribution in [2.75, 3.05) is 18.0 Å². The average molecular weight is 329 g/mol. The van der Waals surface area contributed by atoms with Gasteiger partial charge in [0.05, 0.1) is 5.52 Å². The summed E-state index contributed by atoms with van der Waals surface area (Å²) in [7, 11) is 0. The molecular weight excluding hydrogens is 312 g/mol. The number of nitrogens with zero attached hydrogens (tertiary/aromatic N) is 6. The second-order valence-electron chi connectivity index (χ2n) is 5.93. The van der Waals surface area contributed by atoms with E-state index in [-0.39, 0.29) is 0 Å². The molecule has 0 aliphatic carbocycles. The van der Waals surface area contributed by atoms with E-state index in [1.807, 2.05) is 22.9 Å². The van der Waals surface area contributed by atoms with Crippen LogP contribution in [0.25, 0.3) is 10.9 Å². The summed E-state index contributed by atoms with van der Waals surface area (Å²) in [4.78, 5) is 15.2. The highest BCUT2D eigenvalue weighted by Gasteiger charge is 2.23. The van der Waals surface area contributed by atoms with Crippen molar-refractivity contribution < 1.29 is 0 Å². The molecule has 4 rings (SSSR count). The summed E-state index contributed by atoms with van der Waals surface area (Å²) in [5.74, 6) is 1.54. The van der Waals surface area contributed by atoms with Crippen LogP contribution in [0.15, 0.2) is 37.2 Å². The molecule has 0 radical (unpaired) electrons. The number of piperidine rings is 1. The second-order valence-corrected chi connectivity index (χ2v) is 6.37. The van der Waals surface area contributed by atoms with E-state index in [1.165, 1.54) is 6.42 Å². The van der Waals surface area contributed by atoms with E-state index < -0.39 is 0 Å². The zero-order valence-corrected chi connectivity index (χ0v) is 13.4. The molecule has 3 aromatic rings. The summed E-state index contributed by atoms with van der Waals surface area (Å²) in [5.41, 5.74) is 0.890. The quantitative estimate of drug-likeness (QED) is 0.740. The van der Waals surface area contributed by atoms with Gasteiger partial charge >= 0.3 is 0 Å². The smallest absolute Gasteiger partial charge is 0.139 e. The Hall–Kier alpha value is -2.21. The minimum atomic E-state index is 0.544. The first-order chi connectivity index (χ1) is 11.3. The van der Waals surface area contributed by atoms with Gasteiger partial charge in [-0.25, -0.2) is 15.0 Å². The normalized spacial score (nSPS) is 18.5. The van der Waals surface area contributed by atoms with Crippen LogP contribution >= 0.6 is 11.6 Å². The van der Waals surface area contributed by atoms with Crippen LogP contribution in [0.3, 0.4) is 0 Å². The summed E-state index contributed by atoms with van der Waals surface area (Å²) < 4.78 is 1.91. The molecular formula is C16H17ClN6. The minimum absolute atomic E-state index is 0.544. The number of hydrogen-bond acceptors (Lipinski definition) is 5. The Morgan fingerprint density at radius 3 is 3.04 bits per heavy atom. The molecule has 0 saturated carbocycles. The van der Waals surface area contributed by atoms with E-state index in [9.17, 15) is 0 Å². The summed E-state index contributed by atoms with van der Waals surface area (Å²) in [6, 6.07) is 5.79. The van der Waals surface area contributed by atoms with Gasteiger partial charge in [0.25, 0.3) is 0 Å². The van der Waals surface area contributed by atoms with Crippen molar-refractivity contribution >= 4 is 28.3 Å². The fourth-order valence-corrected chi connectivity index (χ4v) is 3.43. The molecule has 6 nitrogen and oxygen atoms in total. The van der Waals surface area contributed by atoms with Gasteiger partial charge in [0, 0.05) is 30.0 Å². The van der Waals surface area contributed by atoms with Crippen molar-refractivity contribution in [3.63, 3.8) is 0 Å². The number of rotatable bonds is 3. The zero-order valence-electron chi connectivity index (χ0n) is 12.6. The van der Waals surface area contributed by atoms with Gasteiger partial charge in [-0.3, -0.25) is 4.68 Å². The molecule has 0 amide bonds. The highest BCUT2D eigenvalue weighted by molar-refractivity contribution is 6.31. The number of anilines is 1. The lowest BCUT2D eigenvalue weighted by Crippen LogP contribution is -2.37. The number of fused-ring (bicyclic) bond motifs is 1. The molecule has 7 heteroatoms. The van der Waals surface area contributed by atoms with Gasteiger partial charge in [-0.15, -0.1) is 0 Å². The van der Waals surface area contributed by atoms with Gasteiger partial charge in [-0.1, -0.05) is 11.6 Å². The lowest BCUT2D eigenvalue weighted by atomic mass is 9.98. The van der Waals surface area contributed by atoms with Crippen LogP contribution in [0, 0.1) is 5.92 Å². The minimum Gasteiger partial charge on any atom is -0.356 e. The first-order valence-electron chi connectivity index (χ1n) is 7.77. The predicted molar refractivity (Wildman–Crippen MR) is 89.5 cm³/mol. The van der Waals surface area contributed by atoms with E-state index in [1.54, 1.807) is 19.0 Å². The van der Waals surface area contributed by atoms with Crippen molar-refractivity contribution in [1.29, 1.82) is 0 Å². The van der Waals surface area contributed by atoms with Gasteiger partial charge in [0.2, 0.25) is 0 Å². The average Bonchev–Trinajstić information content (AvgIpc) is 3.07. The molecule has 2 aromatic heterocycles. The fraction of sp³-hybridized carbons (Fsp3) is 0.375. The Balaban J connectivity index is 1.60. The maximum absolute atomic E-state index is 6.07. The first kappa shape index (κ1) is 14.4. The Labute approximate surface area is 139 Å². The van der Waals surface area contributed by atoms with Crippen LogP contribution in [0.2, 0.25) is 5.02 Å². The highest BCUT2D eigenvalue weighted by Crippen LogP contribution is 2.29. The molecule has 1 saturated heterocycles. The molecule has 1 aliphatic rings. The monoisotopic (exact) mass is 328 g/mol. The van der Waals surface area contributed by atoms with Crippen molar-refractivity contribution in [3.05, 3.63) is 42.2 Å². The standard InChI is InChI=1S/C16H17ClN6/c17-13-3-4-14-15(6-13)19-10-20-16(14)22-5-1-2-12(7-22)8-23-11-18-9-21-23/h3-4,6,9-12H,1-2,5,7-8H2. The molecule has 0 bridgehead atoms. The Bertz CT molecular complexity index is 803. The maximum atomic E-state index is 6.07. The summed E-state index contributed by atoms with van der Waals surface area (Å²) in [5, 5.41) is 5.97. The third-order valence-electron chi connectivity index (χ3n) is 4.31. The number of aromatic nitrogens is 5. The van der Waals surface area contributed by atoms with Gasteiger partial charge in [-0.2, -0.15) is 5.10 Å². The van der Waals surface area contributed by atoms with Gasteiger partial charge in [0.15, 0.2) is 0 Å². The van der Waals surface area contributed by atoms with Crippen molar-refractivity contribution in [2.45, 2.75) is 19.4 Å². The van der Waals surface area contributed by atoms with Gasteiger partial charge < -0.3 is 4.90 Å². The van der Waals surface area contributed by atoms with Crippen LogP contribution in [0.4, 0.5) is 5.82 Å². The molecule has 1 unspecified atom stereocenters. The lowest BCUT2D eigenvalue weighted by Gasteiger charge is -2.34. The number of hydrogen-bond donors (Lipinski definition) is 0. The molecule has 3 heterocycles. The van der Waals surface area contributed by atoms with Crippen LogP contribution < -0.4 is 4.90 Å². The largest absolute Gasteiger partial charge is 0.356 e. The topological polar surface area (TPSA) is 59.7 Å².